The van der Waals surface area contributed by atoms with Crippen LogP contribution in [0.1, 0.15) is 32.7 Å². The van der Waals surface area contributed by atoms with Crippen molar-refractivity contribution in [2.75, 3.05) is 11.9 Å². The Labute approximate surface area is 123 Å². The van der Waals surface area contributed by atoms with Gasteiger partial charge in [-0.1, -0.05) is 23.1 Å². The summed E-state index contributed by atoms with van der Waals surface area (Å²) in [4.78, 5) is 12.4. The summed E-state index contributed by atoms with van der Waals surface area (Å²) in [6.07, 6.45) is 0. The van der Waals surface area contributed by atoms with Gasteiger partial charge in [0, 0.05) is 16.7 Å². The summed E-state index contributed by atoms with van der Waals surface area (Å²) in [6.45, 7) is 5.82. The Hall–Kier alpha value is -2.58. The Balaban J connectivity index is 2.28. The van der Waals surface area contributed by atoms with Crippen molar-refractivity contribution in [3.05, 3.63) is 46.1 Å². The van der Waals surface area contributed by atoms with Gasteiger partial charge >= 0.3 is 0 Å². The minimum absolute atomic E-state index is 0.247. The second kappa shape index (κ2) is 6.25. The maximum atomic E-state index is 12.4. The molecule has 0 radical (unpaired) electrons. The predicted molar refractivity (Wildman–Crippen MR) is 81.0 cm³/mol. The number of hydrogen-bond donors (Lipinski definition) is 2. The molecule has 5 nitrogen and oxygen atoms in total. The number of benzene rings is 1. The number of hydrogen-bond acceptors (Lipinski definition) is 4. The van der Waals surface area contributed by atoms with Crippen LogP contribution in [0.25, 0.3) is 0 Å². The number of carbonyl (C=O) groups is 1. The van der Waals surface area contributed by atoms with Crippen molar-refractivity contribution in [2.24, 2.45) is 5.73 Å². The fraction of sp³-hybridized carbons (Fsp3) is 0.250. The van der Waals surface area contributed by atoms with E-state index in [1.807, 2.05) is 32.9 Å². The molecule has 1 heterocycles. The van der Waals surface area contributed by atoms with Crippen LogP contribution in [0.15, 0.2) is 22.7 Å². The number of carbonyl (C=O) groups excluding carboxylic acids is 1. The molecule has 5 heteroatoms. The molecule has 0 spiro atoms. The van der Waals surface area contributed by atoms with Gasteiger partial charge in [-0.2, -0.15) is 0 Å². The lowest BCUT2D eigenvalue weighted by Crippen LogP contribution is -2.13. The van der Waals surface area contributed by atoms with Gasteiger partial charge < -0.3 is 10.3 Å². The van der Waals surface area contributed by atoms with E-state index < -0.39 is 0 Å². The standard InChI is InChI=1S/C16H17N3O2/c1-10-6-7-13(5-4-8-17)9-14(10)15(20)18-16-11(2)12(3)19-21-16/h6-7,9H,8,17H2,1-3H3,(H,18,20). The molecule has 0 saturated carbocycles. The number of aromatic nitrogens is 1. The number of nitrogens with zero attached hydrogens (tertiary/aromatic N) is 1. The second-order valence-corrected chi connectivity index (χ2v) is 4.71. The fourth-order valence-electron chi connectivity index (χ4n) is 1.80. The van der Waals surface area contributed by atoms with Crippen molar-refractivity contribution in [2.45, 2.75) is 20.8 Å². The van der Waals surface area contributed by atoms with E-state index in [0.29, 0.717) is 11.4 Å². The van der Waals surface area contributed by atoms with Gasteiger partial charge in [-0.25, -0.2) is 0 Å². The highest BCUT2D eigenvalue weighted by Gasteiger charge is 2.15. The lowest BCUT2D eigenvalue weighted by atomic mass is 10.0. The maximum Gasteiger partial charge on any atom is 0.258 e. The largest absolute Gasteiger partial charge is 0.338 e. The van der Waals surface area contributed by atoms with Crippen molar-refractivity contribution in [1.82, 2.24) is 5.16 Å². The minimum atomic E-state index is -0.247. The number of rotatable bonds is 2. The number of nitrogens with two attached hydrogens (primary N) is 1. The average Bonchev–Trinajstić information content (AvgIpc) is 2.78. The van der Waals surface area contributed by atoms with Gasteiger partial charge in [0.1, 0.15) is 0 Å². The van der Waals surface area contributed by atoms with E-state index >= 15 is 0 Å². The number of nitrogens with one attached hydrogen (secondary N) is 1. The molecule has 0 atom stereocenters. The molecular weight excluding hydrogens is 266 g/mol. The molecule has 0 bridgehead atoms. The first kappa shape index (κ1) is 14.8. The monoisotopic (exact) mass is 283 g/mol. The highest BCUT2D eigenvalue weighted by molar-refractivity contribution is 6.05. The summed E-state index contributed by atoms with van der Waals surface area (Å²) in [7, 11) is 0. The summed E-state index contributed by atoms with van der Waals surface area (Å²) in [5, 5.41) is 6.55. The Morgan fingerprint density at radius 2 is 2.14 bits per heavy atom. The van der Waals surface area contributed by atoms with Crippen LogP contribution in [0, 0.1) is 32.6 Å². The molecule has 1 amide bonds. The van der Waals surface area contributed by atoms with Crippen LogP contribution >= 0.6 is 0 Å². The van der Waals surface area contributed by atoms with E-state index in [0.717, 1.165) is 22.4 Å². The summed E-state index contributed by atoms with van der Waals surface area (Å²) in [5.74, 6) is 5.81. The molecule has 0 unspecified atom stereocenters. The van der Waals surface area contributed by atoms with Gasteiger partial charge in [-0.3, -0.25) is 10.1 Å². The van der Waals surface area contributed by atoms with E-state index in [9.17, 15) is 4.79 Å². The molecule has 0 fully saturated rings. The molecule has 3 N–H and O–H groups in total. The van der Waals surface area contributed by atoms with Crippen LogP contribution in [0.2, 0.25) is 0 Å². The summed E-state index contributed by atoms with van der Waals surface area (Å²) in [6, 6.07) is 5.46. The third kappa shape index (κ3) is 3.30. The predicted octanol–water partition coefficient (Wildman–Crippen LogP) is 2.16. The smallest absolute Gasteiger partial charge is 0.258 e. The van der Waals surface area contributed by atoms with Crippen LogP contribution in [-0.2, 0) is 0 Å². The fourth-order valence-corrected chi connectivity index (χ4v) is 1.80. The van der Waals surface area contributed by atoms with E-state index in [1.54, 1.807) is 6.07 Å². The first-order valence-corrected chi connectivity index (χ1v) is 6.56. The van der Waals surface area contributed by atoms with Crippen LogP contribution in [-0.4, -0.2) is 17.6 Å². The highest BCUT2D eigenvalue weighted by atomic mass is 16.5. The topological polar surface area (TPSA) is 81.2 Å². The third-order valence-electron chi connectivity index (χ3n) is 3.20. The van der Waals surface area contributed by atoms with Crippen LogP contribution in [0.3, 0.4) is 0 Å². The molecule has 108 valence electrons. The molecule has 1 aromatic heterocycles. The van der Waals surface area contributed by atoms with Crippen LogP contribution in [0.5, 0.6) is 0 Å². The normalized spacial score (nSPS) is 9.90. The van der Waals surface area contributed by atoms with Crippen molar-refractivity contribution >= 4 is 11.8 Å². The quantitative estimate of drug-likeness (QED) is 0.828. The zero-order valence-electron chi connectivity index (χ0n) is 12.3. The minimum Gasteiger partial charge on any atom is -0.338 e. The number of aryl methyl sites for hydroxylation is 2. The summed E-state index contributed by atoms with van der Waals surface area (Å²) < 4.78 is 5.10. The van der Waals surface area contributed by atoms with Crippen molar-refractivity contribution in [1.29, 1.82) is 0 Å². The first-order chi connectivity index (χ1) is 10.0. The van der Waals surface area contributed by atoms with Crippen molar-refractivity contribution < 1.29 is 9.32 Å². The molecule has 0 aliphatic heterocycles. The molecule has 2 aromatic rings. The molecule has 0 saturated heterocycles. The van der Waals surface area contributed by atoms with Gasteiger partial charge in [0.05, 0.1) is 12.2 Å². The molecule has 1 aromatic carbocycles. The van der Waals surface area contributed by atoms with Gasteiger partial charge in [0.2, 0.25) is 5.88 Å². The van der Waals surface area contributed by atoms with E-state index in [-0.39, 0.29) is 12.5 Å². The Bertz CT molecular complexity index is 736. The zero-order valence-corrected chi connectivity index (χ0v) is 12.3. The van der Waals surface area contributed by atoms with Gasteiger partial charge in [-0.05, 0) is 38.5 Å². The van der Waals surface area contributed by atoms with E-state index in [1.165, 1.54) is 0 Å². The van der Waals surface area contributed by atoms with Crippen LogP contribution < -0.4 is 11.1 Å². The van der Waals surface area contributed by atoms with Crippen LogP contribution in [0.4, 0.5) is 5.88 Å². The molecule has 21 heavy (non-hydrogen) atoms. The summed E-state index contributed by atoms with van der Waals surface area (Å²) in [5.41, 5.74) is 9.09. The average molecular weight is 283 g/mol. The third-order valence-corrected chi connectivity index (χ3v) is 3.20. The van der Waals surface area contributed by atoms with E-state index in [4.69, 9.17) is 10.3 Å². The van der Waals surface area contributed by atoms with Crippen molar-refractivity contribution in [3.63, 3.8) is 0 Å². The number of anilines is 1. The zero-order chi connectivity index (χ0) is 15.4. The first-order valence-electron chi connectivity index (χ1n) is 6.56. The Morgan fingerprint density at radius 3 is 2.76 bits per heavy atom. The molecule has 2 rings (SSSR count). The lowest BCUT2D eigenvalue weighted by molar-refractivity contribution is 0.102. The highest BCUT2D eigenvalue weighted by Crippen LogP contribution is 2.19. The van der Waals surface area contributed by atoms with Gasteiger partial charge in [0.25, 0.3) is 5.91 Å². The maximum absolute atomic E-state index is 12.4. The summed E-state index contributed by atoms with van der Waals surface area (Å²) >= 11 is 0. The SMILES string of the molecule is Cc1ccc(C#CCN)cc1C(=O)Nc1onc(C)c1C. The number of amides is 1. The molecule has 0 aliphatic rings. The Kier molecular flexibility index (Phi) is 4.41. The molecular formula is C16H17N3O2. The van der Waals surface area contributed by atoms with Gasteiger partial charge in [-0.15, -0.1) is 0 Å². The lowest BCUT2D eigenvalue weighted by Gasteiger charge is -2.06. The van der Waals surface area contributed by atoms with Crippen molar-refractivity contribution in [3.8, 4) is 11.8 Å². The van der Waals surface area contributed by atoms with Gasteiger partial charge in [0.15, 0.2) is 0 Å². The second-order valence-electron chi connectivity index (χ2n) is 4.71. The van der Waals surface area contributed by atoms with E-state index in [2.05, 4.69) is 22.3 Å². The Morgan fingerprint density at radius 1 is 1.38 bits per heavy atom. The molecule has 0 aliphatic carbocycles.